The van der Waals surface area contributed by atoms with E-state index in [2.05, 4.69) is 29.2 Å². The topological polar surface area (TPSA) is 36.0 Å². The summed E-state index contributed by atoms with van der Waals surface area (Å²) in [6.45, 7) is 0. The van der Waals surface area contributed by atoms with E-state index in [-0.39, 0.29) is 6.10 Å². The number of para-hydroxylation sites is 1. The number of nitrogens with one attached hydrogen (secondary N) is 1. The number of aliphatic hydroxyl groups is 1. The van der Waals surface area contributed by atoms with Crippen molar-refractivity contribution in [3.63, 3.8) is 0 Å². The number of rotatable bonds is 2. The van der Waals surface area contributed by atoms with Crippen LogP contribution in [-0.4, -0.2) is 21.4 Å². The Morgan fingerprint density at radius 1 is 1.18 bits per heavy atom. The van der Waals surface area contributed by atoms with Crippen LogP contribution in [0.1, 0.15) is 25.7 Å². The first kappa shape index (κ1) is 11.2. The average molecular weight is 247 g/mol. The molecule has 1 fully saturated rings. The van der Waals surface area contributed by atoms with Crippen LogP contribution in [0.25, 0.3) is 10.9 Å². The minimum absolute atomic E-state index is 0.139. The number of aromatic amines is 1. The number of aromatic nitrogens is 1. The number of hydrogen-bond donors (Lipinski definition) is 2. The molecule has 17 heavy (non-hydrogen) atoms. The van der Waals surface area contributed by atoms with Crippen molar-refractivity contribution in [3.05, 3.63) is 30.3 Å². The lowest BCUT2D eigenvalue weighted by atomic mass is 9.97. The fourth-order valence-corrected chi connectivity index (χ4v) is 3.76. The lowest BCUT2D eigenvalue weighted by Gasteiger charge is -2.26. The summed E-state index contributed by atoms with van der Waals surface area (Å²) in [5, 5.41) is 12.8. The Bertz CT molecular complexity index is 475. The van der Waals surface area contributed by atoms with E-state index in [1.807, 2.05) is 6.07 Å². The molecule has 1 aliphatic rings. The summed E-state index contributed by atoms with van der Waals surface area (Å²) in [5.41, 5.74) is 1.18. The van der Waals surface area contributed by atoms with Gasteiger partial charge in [0.1, 0.15) is 0 Å². The molecular weight excluding hydrogens is 230 g/mol. The summed E-state index contributed by atoms with van der Waals surface area (Å²) in [5.74, 6) is 0. The van der Waals surface area contributed by atoms with Crippen LogP contribution in [0.3, 0.4) is 0 Å². The zero-order valence-electron chi connectivity index (χ0n) is 9.73. The highest BCUT2D eigenvalue weighted by Crippen LogP contribution is 2.34. The van der Waals surface area contributed by atoms with Crippen LogP contribution in [-0.2, 0) is 0 Å². The van der Waals surface area contributed by atoms with Gasteiger partial charge in [0.25, 0.3) is 0 Å². The fourth-order valence-electron chi connectivity index (χ4n) is 2.49. The van der Waals surface area contributed by atoms with E-state index in [4.69, 9.17) is 0 Å². The predicted molar refractivity (Wildman–Crippen MR) is 72.4 cm³/mol. The SMILES string of the molecule is OC1CCCCC1Sc1cc2ccccc2[nH]1. The highest BCUT2D eigenvalue weighted by Gasteiger charge is 2.24. The molecule has 1 aromatic heterocycles. The third-order valence-corrected chi connectivity index (χ3v) is 4.78. The predicted octanol–water partition coefficient (Wildman–Crippen LogP) is 3.56. The summed E-state index contributed by atoms with van der Waals surface area (Å²) in [4.78, 5) is 3.42. The molecule has 3 heteroatoms. The number of benzene rings is 1. The molecule has 2 aromatic rings. The van der Waals surface area contributed by atoms with Gasteiger partial charge in [-0.1, -0.05) is 31.0 Å². The van der Waals surface area contributed by atoms with E-state index < -0.39 is 0 Å². The minimum atomic E-state index is -0.139. The molecule has 0 radical (unpaired) electrons. The van der Waals surface area contributed by atoms with Crippen LogP contribution >= 0.6 is 11.8 Å². The van der Waals surface area contributed by atoms with Gasteiger partial charge in [-0.15, -0.1) is 11.8 Å². The Labute approximate surface area is 105 Å². The van der Waals surface area contributed by atoms with Gasteiger partial charge in [-0.05, 0) is 25.0 Å². The molecule has 1 aromatic carbocycles. The second-order valence-electron chi connectivity index (χ2n) is 4.73. The van der Waals surface area contributed by atoms with E-state index >= 15 is 0 Å². The third kappa shape index (κ3) is 2.35. The van der Waals surface area contributed by atoms with Crippen LogP contribution in [0.5, 0.6) is 0 Å². The van der Waals surface area contributed by atoms with E-state index in [1.165, 1.54) is 28.8 Å². The van der Waals surface area contributed by atoms with E-state index in [9.17, 15) is 5.11 Å². The third-order valence-electron chi connectivity index (χ3n) is 3.45. The molecule has 0 amide bonds. The van der Waals surface area contributed by atoms with Gasteiger partial charge in [0.2, 0.25) is 0 Å². The molecule has 0 aliphatic heterocycles. The lowest BCUT2D eigenvalue weighted by molar-refractivity contribution is 0.137. The summed E-state index contributed by atoms with van der Waals surface area (Å²) < 4.78 is 0. The van der Waals surface area contributed by atoms with Crippen molar-refractivity contribution >= 4 is 22.7 Å². The summed E-state index contributed by atoms with van der Waals surface area (Å²) >= 11 is 1.79. The van der Waals surface area contributed by atoms with Crippen molar-refractivity contribution in [1.82, 2.24) is 4.98 Å². The molecule has 0 saturated heterocycles. The van der Waals surface area contributed by atoms with Gasteiger partial charge in [0, 0.05) is 16.2 Å². The highest BCUT2D eigenvalue weighted by molar-refractivity contribution is 7.99. The summed E-state index contributed by atoms with van der Waals surface area (Å²) in [6.07, 6.45) is 4.36. The van der Waals surface area contributed by atoms with Crippen molar-refractivity contribution in [2.24, 2.45) is 0 Å². The molecule has 2 N–H and O–H groups in total. The quantitative estimate of drug-likeness (QED) is 0.851. The maximum atomic E-state index is 9.97. The number of aliphatic hydroxyl groups excluding tert-OH is 1. The molecule has 2 nitrogen and oxygen atoms in total. The van der Waals surface area contributed by atoms with Gasteiger partial charge in [-0.2, -0.15) is 0 Å². The van der Waals surface area contributed by atoms with Gasteiger partial charge in [-0.3, -0.25) is 0 Å². The monoisotopic (exact) mass is 247 g/mol. The average Bonchev–Trinajstić information content (AvgIpc) is 2.74. The fraction of sp³-hybridized carbons (Fsp3) is 0.429. The number of hydrogen-bond acceptors (Lipinski definition) is 2. The zero-order valence-corrected chi connectivity index (χ0v) is 10.5. The van der Waals surface area contributed by atoms with Gasteiger partial charge >= 0.3 is 0 Å². The van der Waals surface area contributed by atoms with E-state index in [1.54, 1.807) is 11.8 Å². The van der Waals surface area contributed by atoms with Crippen molar-refractivity contribution in [2.45, 2.75) is 42.1 Å². The molecule has 2 atom stereocenters. The molecule has 1 saturated carbocycles. The van der Waals surface area contributed by atoms with Gasteiger partial charge in [0.05, 0.1) is 11.1 Å². The second-order valence-corrected chi connectivity index (χ2v) is 6.01. The van der Waals surface area contributed by atoms with E-state index in [0.29, 0.717) is 5.25 Å². The summed E-state index contributed by atoms with van der Waals surface area (Å²) in [7, 11) is 0. The van der Waals surface area contributed by atoms with Crippen molar-refractivity contribution in [1.29, 1.82) is 0 Å². The normalized spacial score (nSPS) is 25.2. The first-order chi connectivity index (χ1) is 8.33. The van der Waals surface area contributed by atoms with Crippen LogP contribution in [0.15, 0.2) is 35.4 Å². The first-order valence-corrected chi connectivity index (χ1v) is 7.13. The number of fused-ring (bicyclic) bond motifs is 1. The summed E-state index contributed by atoms with van der Waals surface area (Å²) in [6, 6.07) is 10.5. The Hall–Kier alpha value is -0.930. The molecule has 2 unspecified atom stereocenters. The zero-order chi connectivity index (χ0) is 11.7. The van der Waals surface area contributed by atoms with Crippen molar-refractivity contribution in [2.75, 3.05) is 0 Å². The molecule has 1 aliphatic carbocycles. The van der Waals surface area contributed by atoms with E-state index in [0.717, 1.165) is 12.8 Å². The molecule has 0 spiro atoms. The molecule has 0 bridgehead atoms. The van der Waals surface area contributed by atoms with Gasteiger partial charge in [0.15, 0.2) is 0 Å². The number of thioether (sulfide) groups is 1. The molecule has 3 rings (SSSR count). The van der Waals surface area contributed by atoms with Crippen molar-refractivity contribution < 1.29 is 5.11 Å². The molecule has 1 heterocycles. The Balaban J connectivity index is 1.79. The van der Waals surface area contributed by atoms with Crippen LogP contribution in [0.4, 0.5) is 0 Å². The standard InChI is InChI=1S/C14H17NOS/c16-12-7-3-4-8-13(12)17-14-9-10-5-1-2-6-11(10)15-14/h1-2,5-6,9,12-13,15-16H,3-4,7-8H2. The Morgan fingerprint density at radius 3 is 2.82 bits per heavy atom. The highest BCUT2D eigenvalue weighted by atomic mass is 32.2. The van der Waals surface area contributed by atoms with Crippen LogP contribution in [0.2, 0.25) is 0 Å². The Morgan fingerprint density at radius 2 is 2.00 bits per heavy atom. The van der Waals surface area contributed by atoms with Crippen molar-refractivity contribution in [3.8, 4) is 0 Å². The molecular formula is C14H17NOS. The largest absolute Gasteiger partial charge is 0.392 e. The minimum Gasteiger partial charge on any atom is -0.392 e. The maximum absolute atomic E-state index is 9.97. The second kappa shape index (κ2) is 4.75. The van der Waals surface area contributed by atoms with Crippen LogP contribution < -0.4 is 0 Å². The maximum Gasteiger partial charge on any atom is 0.0736 e. The first-order valence-electron chi connectivity index (χ1n) is 6.25. The van der Waals surface area contributed by atoms with Crippen LogP contribution in [0, 0.1) is 0 Å². The lowest BCUT2D eigenvalue weighted by Crippen LogP contribution is -2.26. The number of H-pyrrole nitrogens is 1. The Kier molecular flexibility index (Phi) is 3.12. The van der Waals surface area contributed by atoms with Gasteiger partial charge in [-0.25, -0.2) is 0 Å². The smallest absolute Gasteiger partial charge is 0.0736 e. The van der Waals surface area contributed by atoms with Gasteiger partial charge < -0.3 is 10.1 Å². The molecule has 90 valence electrons.